The number of non-ortho nitro benzene ring substituents is 1. The van der Waals surface area contributed by atoms with Gasteiger partial charge in [0, 0.05) is 6.07 Å². The molecule has 0 saturated heterocycles. The molecule has 8 nitrogen and oxygen atoms in total. The van der Waals surface area contributed by atoms with Crippen molar-refractivity contribution in [1.82, 2.24) is 0 Å². The number of benzene rings is 1. The van der Waals surface area contributed by atoms with Gasteiger partial charge in [0.15, 0.2) is 11.9 Å². The number of aliphatic hydroxyl groups excluding tert-OH is 2. The number of nitrogens with zero attached hydrogens (tertiary/aromatic N) is 2. The maximum atomic E-state index is 12.5. The van der Waals surface area contributed by atoms with Crippen molar-refractivity contribution >= 4 is 17.3 Å². The van der Waals surface area contributed by atoms with E-state index >= 15 is 0 Å². The number of hydrogen-bond donors (Lipinski definition) is 2. The van der Waals surface area contributed by atoms with Gasteiger partial charge in [-0.1, -0.05) is 13.8 Å². The quantitative estimate of drug-likeness (QED) is 0.611. The average molecular weight is 310 g/mol. The number of amides is 1. The predicted molar refractivity (Wildman–Crippen MR) is 77.8 cm³/mol. The standard InChI is InChI=1S/C14H18N2O6/c1-8(2)13-14(19)15(6-10(18)7-17)11-4-3-9(16(20)21)5-12(11)22-13/h3-5,8,10,13,17-18H,6-7H2,1-2H3. The number of ether oxygens (including phenoxy) is 1. The Morgan fingerprint density at radius 1 is 1.45 bits per heavy atom. The van der Waals surface area contributed by atoms with Gasteiger partial charge in [-0.15, -0.1) is 0 Å². The first kappa shape index (κ1) is 16.2. The number of fused-ring (bicyclic) bond motifs is 1. The Bertz CT molecular complexity index is 589. The Labute approximate surface area is 127 Å². The van der Waals surface area contributed by atoms with Crippen LogP contribution in [0, 0.1) is 16.0 Å². The van der Waals surface area contributed by atoms with E-state index < -0.39 is 23.7 Å². The fraction of sp³-hybridized carbons (Fsp3) is 0.500. The molecule has 0 aromatic heterocycles. The van der Waals surface area contributed by atoms with E-state index in [9.17, 15) is 20.0 Å². The Morgan fingerprint density at radius 2 is 2.14 bits per heavy atom. The lowest BCUT2D eigenvalue weighted by Gasteiger charge is -2.36. The van der Waals surface area contributed by atoms with Crippen LogP contribution in [0.15, 0.2) is 18.2 Å². The lowest BCUT2D eigenvalue weighted by atomic mass is 10.0. The molecule has 2 atom stereocenters. The summed E-state index contributed by atoms with van der Waals surface area (Å²) in [6.07, 6.45) is -1.89. The average Bonchev–Trinajstić information content (AvgIpc) is 2.48. The van der Waals surface area contributed by atoms with E-state index in [1.807, 2.05) is 0 Å². The van der Waals surface area contributed by atoms with E-state index in [4.69, 9.17) is 9.84 Å². The lowest BCUT2D eigenvalue weighted by molar-refractivity contribution is -0.384. The number of carbonyl (C=O) groups excluding carboxylic acids is 1. The summed E-state index contributed by atoms with van der Waals surface area (Å²) in [6, 6.07) is 3.94. The molecule has 2 unspecified atom stereocenters. The minimum atomic E-state index is -1.10. The molecule has 1 heterocycles. The van der Waals surface area contributed by atoms with E-state index in [1.165, 1.54) is 23.1 Å². The molecular weight excluding hydrogens is 292 g/mol. The zero-order valence-corrected chi connectivity index (χ0v) is 12.3. The summed E-state index contributed by atoms with van der Waals surface area (Å²) in [5.41, 5.74) is 0.207. The van der Waals surface area contributed by atoms with Gasteiger partial charge in [-0.05, 0) is 12.0 Å². The van der Waals surface area contributed by atoms with Gasteiger partial charge in [-0.2, -0.15) is 0 Å². The molecule has 2 N–H and O–H groups in total. The number of anilines is 1. The van der Waals surface area contributed by atoms with Gasteiger partial charge in [0.25, 0.3) is 11.6 Å². The van der Waals surface area contributed by atoms with Crippen molar-refractivity contribution in [2.45, 2.75) is 26.1 Å². The molecule has 0 saturated carbocycles. The highest BCUT2D eigenvalue weighted by atomic mass is 16.6. The Morgan fingerprint density at radius 3 is 2.68 bits per heavy atom. The summed E-state index contributed by atoms with van der Waals surface area (Å²) >= 11 is 0. The van der Waals surface area contributed by atoms with Gasteiger partial charge in [0.2, 0.25) is 0 Å². The van der Waals surface area contributed by atoms with Gasteiger partial charge < -0.3 is 19.8 Å². The molecule has 1 aromatic carbocycles. The Hall–Kier alpha value is -2.19. The van der Waals surface area contributed by atoms with Crippen LogP contribution in [0.5, 0.6) is 5.75 Å². The molecule has 0 radical (unpaired) electrons. The van der Waals surface area contributed by atoms with Gasteiger partial charge in [0.05, 0.1) is 35.9 Å². The molecule has 0 fully saturated rings. The SMILES string of the molecule is CC(C)C1Oc2cc([N+](=O)[O-])ccc2N(CC(O)CO)C1=O. The first-order valence-electron chi connectivity index (χ1n) is 6.90. The second-order valence-electron chi connectivity index (χ2n) is 5.48. The fourth-order valence-corrected chi connectivity index (χ4v) is 2.27. The molecule has 2 rings (SSSR count). The van der Waals surface area contributed by atoms with Crippen LogP contribution >= 0.6 is 0 Å². The minimum absolute atomic E-state index is 0.104. The zero-order chi connectivity index (χ0) is 16.4. The van der Waals surface area contributed by atoms with Crippen molar-refractivity contribution in [2.24, 2.45) is 5.92 Å². The highest BCUT2D eigenvalue weighted by Gasteiger charge is 2.37. The molecule has 22 heavy (non-hydrogen) atoms. The van der Waals surface area contributed by atoms with Gasteiger partial charge >= 0.3 is 0 Å². The highest BCUT2D eigenvalue weighted by molar-refractivity contribution is 6.00. The molecule has 8 heteroatoms. The van der Waals surface area contributed by atoms with Crippen molar-refractivity contribution in [1.29, 1.82) is 0 Å². The zero-order valence-electron chi connectivity index (χ0n) is 12.3. The number of nitro benzene ring substituents is 1. The van der Waals surface area contributed by atoms with Gasteiger partial charge in [-0.25, -0.2) is 0 Å². The first-order chi connectivity index (χ1) is 10.3. The summed E-state index contributed by atoms with van der Waals surface area (Å²) in [5.74, 6) is -0.268. The number of nitro groups is 1. The molecular formula is C14H18N2O6. The number of rotatable bonds is 5. The number of β-amino-alcohol motifs (C(OH)–C–C–N with tert-alkyl or cyclic N) is 1. The van der Waals surface area contributed by atoms with Crippen molar-refractivity contribution in [3.05, 3.63) is 28.3 Å². The second kappa shape index (κ2) is 6.29. The van der Waals surface area contributed by atoms with E-state index in [0.717, 1.165) is 0 Å². The Kier molecular flexibility index (Phi) is 4.62. The molecule has 120 valence electrons. The molecule has 0 spiro atoms. The third kappa shape index (κ3) is 3.02. The normalized spacial score (nSPS) is 18.9. The van der Waals surface area contributed by atoms with Crippen LogP contribution in [-0.4, -0.2) is 46.4 Å². The smallest absolute Gasteiger partial charge is 0.273 e. The van der Waals surface area contributed by atoms with Crippen molar-refractivity contribution < 1.29 is 24.7 Å². The van der Waals surface area contributed by atoms with Gasteiger partial charge in [-0.3, -0.25) is 14.9 Å². The largest absolute Gasteiger partial charge is 0.478 e. The molecule has 1 aliphatic heterocycles. The summed E-state index contributed by atoms with van der Waals surface area (Å²) in [5, 5.41) is 29.5. The molecule has 0 bridgehead atoms. The van der Waals surface area contributed by atoms with E-state index in [2.05, 4.69) is 0 Å². The highest BCUT2D eigenvalue weighted by Crippen LogP contribution is 2.38. The van der Waals surface area contributed by atoms with E-state index in [0.29, 0.717) is 5.69 Å². The molecule has 1 amide bonds. The van der Waals surface area contributed by atoms with Crippen LogP contribution in [0.1, 0.15) is 13.8 Å². The van der Waals surface area contributed by atoms with Crippen LogP contribution in [0.4, 0.5) is 11.4 Å². The molecule has 1 aromatic rings. The number of carbonyl (C=O) groups is 1. The minimum Gasteiger partial charge on any atom is -0.478 e. The molecule has 1 aliphatic rings. The Balaban J connectivity index is 2.45. The third-order valence-corrected chi connectivity index (χ3v) is 3.42. The summed E-state index contributed by atoms with van der Waals surface area (Å²) in [6.45, 7) is 3.00. The van der Waals surface area contributed by atoms with Crippen LogP contribution in [0.2, 0.25) is 0 Å². The lowest BCUT2D eigenvalue weighted by Crippen LogP contribution is -2.51. The monoisotopic (exact) mass is 310 g/mol. The third-order valence-electron chi connectivity index (χ3n) is 3.42. The van der Waals surface area contributed by atoms with Crippen molar-refractivity contribution in [3.63, 3.8) is 0 Å². The van der Waals surface area contributed by atoms with E-state index in [-0.39, 0.29) is 29.8 Å². The maximum absolute atomic E-state index is 12.5. The molecule has 0 aliphatic carbocycles. The van der Waals surface area contributed by atoms with Crippen molar-refractivity contribution in [3.8, 4) is 5.75 Å². The van der Waals surface area contributed by atoms with Crippen LogP contribution < -0.4 is 9.64 Å². The van der Waals surface area contributed by atoms with Crippen LogP contribution in [0.3, 0.4) is 0 Å². The second-order valence-corrected chi connectivity index (χ2v) is 5.48. The fourth-order valence-electron chi connectivity index (χ4n) is 2.27. The number of aliphatic hydroxyl groups is 2. The van der Waals surface area contributed by atoms with Gasteiger partial charge in [0.1, 0.15) is 0 Å². The number of hydrogen-bond acceptors (Lipinski definition) is 6. The van der Waals surface area contributed by atoms with Crippen LogP contribution in [0.25, 0.3) is 0 Å². The topological polar surface area (TPSA) is 113 Å². The van der Waals surface area contributed by atoms with E-state index in [1.54, 1.807) is 13.8 Å². The predicted octanol–water partition coefficient (Wildman–Crippen LogP) is 0.698. The van der Waals surface area contributed by atoms with Crippen molar-refractivity contribution in [2.75, 3.05) is 18.1 Å². The first-order valence-corrected chi connectivity index (χ1v) is 6.90. The maximum Gasteiger partial charge on any atom is 0.273 e. The summed E-state index contributed by atoms with van der Waals surface area (Å²) < 4.78 is 5.60. The van der Waals surface area contributed by atoms with Crippen LogP contribution in [-0.2, 0) is 4.79 Å². The summed E-state index contributed by atoms with van der Waals surface area (Å²) in [7, 11) is 0. The summed E-state index contributed by atoms with van der Waals surface area (Å²) in [4.78, 5) is 24.1.